The number of piperidine rings is 1. The van der Waals surface area contributed by atoms with Crippen molar-refractivity contribution in [3.8, 4) is 0 Å². The fourth-order valence-electron chi connectivity index (χ4n) is 3.74. The molecule has 0 spiro atoms. The van der Waals surface area contributed by atoms with Gasteiger partial charge in [0, 0.05) is 38.8 Å². The van der Waals surface area contributed by atoms with Crippen molar-refractivity contribution in [1.82, 2.24) is 20.0 Å². The number of hydrogen-bond acceptors (Lipinski definition) is 3. The van der Waals surface area contributed by atoms with Gasteiger partial charge in [0.15, 0.2) is 0 Å². The predicted molar refractivity (Wildman–Crippen MR) is 97.1 cm³/mol. The van der Waals surface area contributed by atoms with Gasteiger partial charge in [0.05, 0.1) is 0 Å². The molecular weight excluding hydrogens is 300 g/mol. The highest BCUT2D eigenvalue weighted by Crippen LogP contribution is 2.17. The second-order valence-corrected chi connectivity index (χ2v) is 7.14. The summed E-state index contributed by atoms with van der Waals surface area (Å²) in [5.74, 6) is 0. The Bertz CT molecular complexity index is 546. The van der Waals surface area contributed by atoms with E-state index in [2.05, 4.69) is 41.2 Å². The molecule has 1 aromatic rings. The summed E-state index contributed by atoms with van der Waals surface area (Å²) >= 11 is 0. The number of nitrogens with one attached hydrogen (secondary N) is 1. The summed E-state index contributed by atoms with van der Waals surface area (Å²) in [5.41, 5.74) is 2.42. The number of hydrogen-bond donors (Lipinski definition) is 1. The Hall–Kier alpha value is -1.59. The molecule has 0 aliphatic carbocycles. The van der Waals surface area contributed by atoms with Crippen molar-refractivity contribution >= 4 is 6.03 Å². The van der Waals surface area contributed by atoms with Crippen LogP contribution in [-0.4, -0.2) is 73.1 Å². The predicted octanol–water partition coefficient (Wildman–Crippen LogP) is 1.92. The number of benzene rings is 1. The summed E-state index contributed by atoms with van der Waals surface area (Å²) < 4.78 is 0. The van der Waals surface area contributed by atoms with Gasteiger partial charge in [-0.2, -0.15) is 0 Å². The summed E-state index contributed by atoms with van der Waals surface area (Å²) in [6.07, 6.45) is 2.52. The minimum Gasteiger partial charge on any atom is -0.334 e. The number of carbonyl (C=O) groups excluding carboxylic acids is 1. The van der Waals surface area contributed by atoms with Crippen LogP contribution >= 0.6 is 0 Å². The molecular formula is C19H30N4O. The number of likely N-dealkylation sites (tertiary alicyclic amines) is 1. The fraction of sp³-hybridized carbons (Fsp3) is 0.632. The van der Waals surface area contributed by atoms with E-state index in [1.165, 1.54) is 37.1 Å². The maximum Gasteiger partial charge on any atom is 0.317 e. The molecule has 1 N–H and O–H groups in total. The molecule has 2 heterocycles. The lowest BCUT2D eigenvalue weighted by molar-refractivity contribution is 0.0749. The van der Waals surface area contributed by atoms with Gasteiger partial charge in [0.1, 0.15) is 0 Å². The average molecular weight is 330 g/mol. The third-order valence-electron chi connectivity index (χ3n) is 5.50. The van der Waals surface area contributed by atoms with Crippen LogP contribution in [0.4, 0.5) is 4.79 Å². The van der Waals surface area contributed by atoms with E-state index in [-0.39, 0.29) is 6.03 Å². The number of piperazine rings is 1. The fourth-order valence-corrected chi connectivity index (χ4v) is 3.74. The summed E-state index contributed by atoms with van der Waals surface area (Å²) in [7, 11) is 2.20. The largest absolute Gasteiger partial charge is 0.334 e. The molecule has 3 rings (SSSR count). The Balaban J connectivity index is 1.43. The van der Waals surface area contributed by atoms with Crippen LogP contribution < -0.4 is 5.32 Å². The Morgan fingerprint density at radius 3 is 2.42 bits per heavy atom. The summed E-state index contributed by atoms with van der Waals surface area (Å²) in [5, 5.41) is 3.07. The first kappa shape index (κ1) is 17.2. The zero-order valence-corrected chi connectivity index (χ0v) is 15.0. The summed E-state index contributed by atoms with van der Waals surface area (Å²) in [6, 6.07) is 8.99. The molecule has 2 saturated heterocycles. The van der Waals surface area contributed by atoms with E-state index < -0.39 is 0 Å². The summed E-state index contributed by atoms with van der Waals surface area (Å²) in [4.78, 5) is 19.4. The average Bonchev–Trinajstić information content (AvgIpc) is 2.62. The number of rotatable bonds is 3. The second-order valence-electron chi connectivity index (χ2n) is 7.14. The van der Waals surface area contributed by atoms with Crippen molar-refractivity contribution < 1.29 is 4.79 Å². The van der Waals surface area contributed by atoms with Gasteiger partial charge in [-0.25, -0.2) is 4.79 Å². The molecule has 2 aliphatic heterocycles. The highest BCUT2D eigenvalue weighted by molar-refractivity contribution is 5.74. The van der Waals surface area contributed by atoms with Crippen LogP contribution in [0, 0.1) is 6.92 Å². The molecule has 0 radical (unpaired) electrons. The molecule has 24 heavy (non-hydrogen) atoms. The van der Waals surface area contributed by atoms with Crippen molar-refractivity contribution in [3.05, 3.63) is 35.4 Å². The zero-order chi connectivity index (χ0) is 16.9. The first-order valence-electron chi connectivity index (χ1n) is 9.13. The van der Waals surface area contributed by atoms with E-state index >= 15 is 0 Å². The molecule has 0 unspecified atom stereocenters. The zero-order valence-electron chi connectivity index (χ0n) is 15.0. The third kappa shape index (κ3) is 4.28. The van der Waals surface area contributed by atoms with Gasteiger partial charge < -0.3 is 15.1 Å². The minimum absolute atomic E-state index is 0.0706. The van der Waals surface area contributed by atoms with E-state index in [9.17, 15) is 4.79 Å². The van der Waals surface area contributed by atoms with Gasteiger partial charge >= 0.3 is 6.03 Å². The van der Waals surface area contributed by atoms with Crippen molar-refractivity contribution in [3.63, 3.8) is 0 Å². The monoisotopic (exact) mass is 330 g/mol. The van der Waals surface area contributed by atoms with E-state index in [1.807, 2.05) is 17.0 Å². The SMILES string of the molecule is Cc1ccccc1CNC(=O)N1CCN(C2CCN(C)CC2)CC1. The third-order valence-corrected chi connectivity index (χ3v) is 5.50. The molecule has 5 nitrogen and oxygen atoms in total. The molecule has 2 aliphatic rings. The molecule has 5 heteroatoms. The lowest BCUT2D eigenvalue weighted by atomic mass is 10.0. The van der Waals surface area contributed by atoms with Crippen LogP contribution in [0.5, 0.6) is 0 Å². The van der Waals surface area contributed by atoms with Crippen LogP contribution in [0.25, 0.3) is 0 Å². The van der Waals surface area contributed by atoms with Crippen LogP contribution in [0.2, 0.25) is 0 Å². The van der Waals surface area contributed by atoms with E-state index in [4.69, 9.17) is 0 Å². The molecule has 2 fully saturated rings. The smallest absolute Gasteiger partial charge is 0.317 e. The maximum atomic E-state index is 12.4. The molecule has 0 bridgehead atoms. The van der Waals surface area contributed by atoms with E-state index in [0.717, 1.165) is 26.2 Å². The van der Waals surface area contributed by atoms with Crippen molar-refractivity contribution in [2.24, 2.45) is 0 Å². The van der Waals surface area contributed by atoms with Crippen LogP contribution in [-0.2, 0) is 6.54 Å². The van der Waals surface area contributed by atoms with Crippen molar-refractivity contribution in [2.45, 2.75) is 32.4 Å². The first-order chi connectivity index (χ1) is 11.6. The van der Waals surface area contributed by atoms with E-state index in [0.29, 0.717) is 12.6 Å². The van der Waals surface area contributed by atoms with E-state index in [1.54, 1.807) is 0 Å². The van der Waals surface area contributed by atoms with Gasteiger partial charge in [-0.3, -0.25) is 4.90 Å². The molecule has 0 atom stereocenters. The minimum atomic E-state index is 0.0706. The Morgan fingerprint density at radius 1 is 1.08 bits per heavy atom. The Morgan fingerprint density at radius 2 is 1.75 bits per heavy atom. The number of carbonyl (C=O) groups is 1. The standard InChI is InChI=1S/C19H30N4O/c1-16-5-3-4-6-17(16)15-20-19(24)23-13-11-22(12-14-23)18-7-9-21(2)10-8-18/h3-6,18H,7-15H2,1-2H3,(H,20,24). The molecule has 2 amide bonds. The van der Waals surface area contributed by atoms with Crippen LogP contribution in [0.1, 0.15) is 24.0 Å². The Kier molecular flexibility index (Phi) is 5.74. The lowest BCUT2D eigenvalue weighted by Gasteiger charge is -2.42. The van der Waals surface area contributed by atoms with Gasteiger partial charge in [-0.1, -0.05) is 24.3 Å². The van der Waals surface area contributed by atoms with Crippen molar-refractivity contribution in [1.29, 1.82) is 0 Å². The van der Waals surface area contributed by atoms with Gasteiger partial charge in [0.2, 0.25) is 0 Å². The molecule has 1 aromatic carbocycles. The topological polar surface area (TPSA) is 38.8 Å². The number of aryl methyl sites for hydroxylation is 1. The maximum absolute atomic E-state index is 12.4. The number of urea groups is 1. The van der Waals surface area contributed by atoms with Crippen molar-refractivity contribution in [2.75, 3.05) is 46.3 Å². The molecule has 0 aromatic heterocycles. The second kappa shape index (κ2) is 7.99. The first-order valence-corrected chi connectivity index (χ1v) is 9.13. The quantitative estimate of drug-likeness (QED) is 0.920. The highest BCUT2D eigenvalue weighted by Gasteiger charge is 2.27. The normalized spacial score (nSPS) is 21.0. The lowest BCUT2D eigenvalue weighted by Crippen LogP contribution is -2.55. The highest BCUT2D eigenvalue weighted by atomic mass is 16.2. The van der Waals surface area contributed by atoms with Gasteiger partial charge in [-0.15, -0.1) is 0 Å². The van der Waals surface area contributed by atoms with Crippen LogP contribution in [0.15, 0.2) is 24.3 Å². The number of nitrogens with zero attached hydrogens (tertiary/aromatic N) is 3. The summed E-state index contributed by atoms with van der Waals surface area (Å²) in [6.45, 7) is 8.78. The van der Waals surface area contributed by atoms with Gasteiger partial charge in [-0.05, 0) is 51.0 Å². The Labute approximate surface area is 145 Å². The molecule has 0 saturated carbocycles. The molecule has 132 valence electrons. The van der Waals surface area contributed by atoms with Crippen LogP contribution in [0.3, 0.4) is 0 Å². The van der Waals surface area contributed by atoms with Gasteiger partial charge in [0.25, 0.3) is 0 Å². The number of amides is 2.